The van der Waals surface area contributed by atoms with Crippen LogP contribution in [0, 0.1) is 5.82 Å². The number of ether oxygens (including phenoxy) is 1. The fraction of sp³-hybridized carbons (Fsp3) is 0.0952. The molecule has 31 heavy (non-hydrogen) atoms. The van der Waals surface area contributed by atoms with E-state index in [-0.39, 0.29) is 23.6 Å². The van der Waals surface area contributed by atoms with Crippen LogP contribution >= 0.6 is 23.1 Å². The zero-order chi connectivity index (χ0) is 21.8. The van der Waals surface area contributed by atoms with E-state index < -0.39 is 23.2 Å². The Morgan fingerprint density at radius 2 is 1.84 bits per heavy atom. The van der Waals surface area contributed by atoms with Crippen LogP contribution in [0.15, 0.2) is 64.9 Å². The van der Waals surface area contributed by atoms with Gasteiger partial charge in [0, 0.05) is 16.1 Å². The van der Waals surface area contributed by atoms with Crippen molar-refractivity contribution in [1.82, 2.24) is 5.32 Å². The van der Waals surface area contributed by atoms with Crippen LogP contribution in [0.1, 0.15) is 15.9 Å². The van der Waals surface area contributed by atoms with Crippen LogP contribution in [0.2, 0.25) is 0 Å². The monoisotopic (exact) mass is 457 g/mol. The van der Waals surface area contributed by atoms with Crippen LogP contribution in [0.4, 0.5) is 19.9 Å². The van der Waals surface area contributed by atoms with Gasteiger partial charge in [-0.05, 0) is 29.6 Å². The number of thioether (sulfide) groups is 1. The number of carbonyl (C=O) groups excluding carboxylic acids is 3. The van der Waals surface area contributed by atoms with Crippen LogP contribution in [-0.4, -0.2) is 23.3 Å². The van der Waals surface area contributed by atoms with Crippen molar-refractivity contribution < 1.29 is 23.5 Å². The highest BCUT2D eigenvalue weighted by atomic mass is 32.2. The van der Waals surface area contributed by atoms with Gasteiger partial charge in [-0.25, -0.2) is 9.18 Å². The Kier molecular flexibility index (Phi) is 6.19. The standard InChI is InChI=1S/C21H16FN3O4S2/c22-14-6-2-1-5-12(14)11-29-21(28)25-17(26)13-9-10-30-19(13)24-18(27)20-23-15-7-3-4-8-16(15)31-20/h1-10,20,23H,11H2,(H,24,27)(H,25,26,28). The number of anilines is 2. The summed E-state index contributed by atoms with van der Waals surface area (Å²) in [6.07, 6.45) is -1.01. The number of benzene rings is 2. The number of halogens is 1. The van der Waals surface area contributed by atoms with Gasteiger partial charge in [-0.3, -0.25) is 14.9 Å². The molecule has 158 valence electrons. The van der Waals surface area contributed by atoms with Gasteiger partial charge in [-0.2, -0.15) is 0 Å². The highest BCUT2D eigenvalue weighted by Gasteiger charge is 2.28. The summed E-state index contributed by atoms with van der Waals surface area (Å²) in [5.74, 6) is -1.56. The van der Waals surface area contributed by atoms with Gasteiger partial charge < -0.3 is 15.4 Å². The van der Waals surface area contributed by atoms with E-state index in [9.17, 15) is 18.8 Å². The number of para-hydroxylation sites is 1. The minimum Gasteiger partial charge on any atom is -0.444 e. The third-order valence-corrected chi connectivity index (χ3v) is 6.34. The number of nitrogens with one attached hydrogen (secondary N) is 3. The van der Waals surface area contributed by atoms with Gasteiger partial charge in [0.15, 0.2) is 5.37 Å². The van der Waals surface area contributed by atoms with E-state index in [1.54, 1.807) is 11.4 Å². The average molecular weight is 458 g/mol. The van der Waals surface area contributed by atoms with Crippen molar-refractivity contribution in [1.29, 1.82) is 0 Å². The molecule has 2 aromatic carbocycles. The average Bonchev–Trinajstić information content (AvgIpc) is 3.40. The number of thiophene rings is 1. The summed E-state index contributed by atoms with van der Waals surface area (Å²) in [6, 6.07) is 14.9. The van der Waals surface area contributed by atoms with Gasteiger partial charge in [0.1, 0.15) is 17.4 Å². The van der Waals surface area contributed by atoms with E-state index in [2.05, 4.69) is 16.0 Å². The molecule has 0 aliphatic carbocycles. The van der Waals surface area contributed by atoms with Crippen molar-refractivity contribution in [2.75, 3.05) is 10.6 Å². The molecule has 4 rings (SSSR count). The summed E-state index contributed by atoms with van der Waals surface area (Å²) >= 11 is 2.53. The predicted octanol–water partition coefficient (Wildman–Crippen LogP) is 4.44. The van der Waals surface area contributed by atoms with Crippen molar-refractivity contribution >= 4 is 51.7 Å². The van der Waals surface area contributed by atoms with Gasteiger partial charge in [0.25, 0.3) is 11.8 Å². The lowest BCUT2D eigenvalue weighted by Gasteiger charge is -2.11. The minimum atomic E-state index is -1.01. The summed E-state index contributed by atoms with van der Waals surface area (Å²) in [4.78, 5) is 38.0. The molecule has 0 saturated heterocycles. The second kappa shape index (κ2) is 9.19. The van der Waals surface area contributed by atoms with Crippen molar-refractivity contribution in [3.63, 3.8) is 0 Å². The fourth-order valence-electron chi connectivity index (χ4n) is 2.82. The first kappa shape index (κ1) is 20.9. The van der Waals surface area contributed by atoms with E-state index in [1.165, 1.54) is 36.0 Å². The lowest BCUT2D eigenvalue weighted by atomic mass is 10.2. The number of hydrogen-bond acceptors (Lipinski definition) is 7. The SMILES string of the molecule is O=C(NC(=O)c1ccsc1NC(=O)C1Nc2ccccc2S1)OCc1ccccc1F. The van der Waals surface area contributed by atoms with Gasteiger partial charge >= 0.3 is 6.09 Å². The molecular formula is C21H16FN3O4S2. The molecule has 0 bridgehead atoms. The second-order valence-corrected chi connectivity index (χ2v) is 8.48. The zero-order valence-corrected chi connectivity index (χ0v) is 17.5. The highest BCUT2D eigenvalue weighted by molar-refractivity contribution is 8.01. The molecule has 3 aromatic rings. The molecule has 7 nitrogen and oxygen atoms in total. The molecule has 0 fully saturated rings. The van der Waals surface area contributed by atoms with Gasteiger partial charge in [0.05, 0.1) is 5.56 Å². The molecule has 1 aromatic heterocycles. The van der Waals surface area contributed by atoms with Gasteiger partial charge in [-0.1, -0.05) is 42.1 Å². The third-order valence-electron chi connectivity index (χ3n) is 4.34. The Bertz CT molecular complexity index is 1130. The molecule has 0 radical (unpaired) electrons. The zero-order valence-electron chi connectivity index (χ0n) is 15.9. The molecule has 10 heteroatoms. The summed E-state index contributed by atoms with van der Waals surface area (Å²) < 4.78 is 18.5. The van der Waals surface area contributed by atoms with E-state index in [0.29, 0.717) is 5.00 Å². The number of imide groups is 1. The molecule has 3 amide bonds. The van der Waals surface area contributed by atoms with Crippen molar-refractivity contribution in [3.05, 3.63) is 76.9 Å². The second-order valence-electron chi connectivity index (χ2n) is 6.41. The maximum Gasteiger partial charge on any atom is 0.414 e. The highest BCUT2D eigenvalue weighted by Crippen LogP contribution is 2.38. The van der Waals surface area contributed by atoms with Crippen LogP contribution in [0.25, 0.3) is 0 Å². The Morgan fingerprint density at radius 3 is 2.65 bits per heavy atom. The Labute approximate surface area is 185 Å². The summed E-state index contributed by atoms with van der Waals surface area (Å²) in [5, 5.41) is 9.31. The molecule has 3 N–H and O–H groups in total. The molecule has 0 saturated carbocycles. The normalized spacial score (nSPS) is 14.3. The molecular weight excluding hydrogens is 441 g/mol. The minimum absolute atomic E-state index is 0.127. The first-order valence-electron chi connectivity index (χ1n) is 9.13. The number of rotatable bonds is 5. The van der Waals surface area contributed by atoms with Crippen LogP contribution in [0.3, 0.4) is 0 Å². The molecule has 0 spiro atoms. The Balaban J connectivity index is 1.33. The summed E-state index contributed by atoms with van der Waals surface area (Å²) in [7, 11) is 0. The van der Waals surface area contributed by atoms with Crippen LogP contribution < -0.4 is 16.0 Å². The number of amides is 3. The van der Waals surface area contributed by atoms with E-state index in [0.717, 1.165) is 21.9 Å². The Hall–Kier alpha value is -3.37. The molecule has 1 aliphatic heterocycles. The van der Waals surface area contributed by atoms with Gasteiger partial charge in [-0.15, -0.1) is 11.3 Å². The largest absolute Gasteiger partial charge is 0.444 e. The van der Waals surface area contributed by atoms with E-state index in [1.807, 2.05) is 24.3 Å². The Morgan fingerprint density at radius 1 is 1.06 bits per heavy atom. The molecule has 1 atom stereocenters. The van der Waals surface area contributed by atoms with Gasteiger partial charge in [0.2, 0.25) is 0 Å². The maximum absolute atomic E-state index is 13.6. The number of hydrogen-bond donors (Lipinski definition) is 3. The predicted molar refractivity (Wildman–Crippen MR) is 117 cm³/mol. The first-order valence-corrected chi connectivity index (χ1v) is 10.9. The topological polar surface area (TPSA) is 96.5 Å². The quantitative estimate of drug-likeness (QED) is 0.524. The number of fused-ring (bicyclic) bond motifs is 1. The lowest BCUT2D eigenvalue weighted by molar-refractivity contribution is -0.115. The van der Waals surface area contributed by atoms with Crippen LogP contribution in [0.5, 0.6) is 0 Å². The number of carbonyl (C=O) groups is 3. The third kappa shape index (κ3) is 4.86. The van der Waals surface area contributed by atoms with Crippen molar-refractivity contribution in [2.24, 2.45) is 0 Å². The molecule has 2 heterocycles. The van der Waals surface area contributed by atoms with Crippen LogP contribution in [-0.2, 0) is 16.1 Å². The molecule has 1 unspecified atom stereocenters. The fourth-order valence-corrected chi connectivity index (χ4v) is 4.63. The lowest BCUT2D eigenvalue weighted by Crippen LogP contribution is -2.33. The molecule has 1 aliphatic rings. The van der Waals surface area contributed by atoms with Crippen molar-refractivity contribution in [2.45, 2.75) is 16.9 Å². The van der Waals surface area contributed by atoms with E-state index in [4.69, 9.17) is 4.74 Å². The van der Waals surface area contributed by atoms with E-state index >= 15 is 0 Å². The van der Waals surface area contributed by atoms with Crippen molar-refractivity contribution in [3.8, 4) is 0 Å². The first-order chi connectivity index (χ1) is 15.0. The summed E-state index contributed by atoms with van der Waals surface area (Å²) in [6.45, 7) is -0.315. The smallest absolute Gasteiger partial charge is 0.414 e. The number of alkyl carbamates (subject to hydrolysis) is 1. The maximum atomic E-state index is 13.6. The summed E-state index contributed by atoms with van der Waals surface area (Å²) in [5.41, 5.74) is 1.19.